The van der Waals surface area contributed by atoms with Gasteiger partial charge in [0.1, 0.15) is 6.04 Å². The first-order valence-corrected chi connectivity index (χ1v) is 6.86. The minimum absolute atomic E-state index is 0.0823. The van der Waals surface area contributed by atoms with Crippen LogP contribution in [0.2, 0.25) is 0 Å². The van der Waals surface area contributed by atoms with E-state index in [-0.39, 0.29) is 23.5 Å². The molecule has 0 heterocycles. The number of hydrogen-bond acceptors (Lipinski definition) is 4. The fourth-order valence-electron chi connectivity index (χ4n) is 1.55. The van der Waals surface area contributed by atoms with Crippen LogP contribution in [-0.2, 0) is 9.59 Å². The van der Waals surface area contributed by atoms with Crippen molar-refractivity contribution in [2.45, 2.75) is 18.2 Å². The Balaban J connectivity index is 2.61. The second kappa shape index (κ2) is 7.81. The molecule has 5 nitrogen and oxygen atoms in total. The Hall–Kier alpha value is -1.53. The number of aliphatic carboxylic acids is 1. The average molecular weight is 289 g/mol. The summed E-state index contributed by atoms with van der Waals surface area (Å²) in [5, 5.41) is 20.5. The third kappa shape index (κ3) is 5.32. The number of carbonyl (C=O) groups is 2. The summed E-state index contributed by atoms with van der Waals surface area (Å²) in [5.41, 5.74) is 0.932. The number of nitrogens with one attached hydrogen (secondary N) is 1. The first-order chi connectivity index (χ1) is 9.04. The Morgan fingerprint density at radius 3 is 2.42 bits per heavy atom. The highest BCUT2D eigenvalue weighted by Crippen LogP contribution is 2.28. The Bertz CT molecular complexity index is 424. The number of benzene rings is 1. The molecule has 0 aromatic heterocycles. The molecule has 0 aliphatic heterocycles. The second-order valence-corrected chi connectivity index (χ2v) is 5.24. The quantitative estimate of drug-likeness (QED) is 0.698. The van der Waals surface area contributed by atoms with Crippen LogP contribution < -0.4 is 5.32 Å². The van der Waals surface area contributed by atoms with Gasteiger partial charge < -0.3 is 15.5 Å². The van der Waals surface area contributed by atoms with E-state index in [4.69, 9.17) is 5.11 Å². The predicted molar refractivity (Wildman–Crippen MR) is 74.0 cm³/mol. The first-order valence-electron chi connectivity index (χ1n) is 5.82. The van der Waals surface area contributed by atoms with E-state index >= 15 is 0 Å². The summed E-state index contributed by atoms with van der Waals surface area (Å²) in [6.07, 6.45) is 0. The summed E-state index contributed by atoms with van der Waals surface area (Å²) in [6.45, 7) is 1.20. The van der Waals surface area contributed by atoms with E-state index in [0.29, 0.717) is 0 Å². The van der Waals surface area contributed by atoms with E-state index in [1.165, 1.54) is 18.7 Å². The summed E-state index contributed by atoms with van der Waals surface area (Å²) >= 11 is 1.31. The van der Waals surface area contributed by atoms with Crippen LogP contribution in [-0.4, -0.2) is 40.5 Å². The number of carboxylic acids is 1. The maximum Gasteiger partial charge on any atom is 0.327 e. The van der Waals surface area contributed by atoms with Crippen molar-refractivity contribution in [2.24, 2.45) is 0 Å². The van der Waals surface area contributed by atoms with E-state index in [9.17, 15) is 14.7 Å². The molecule has 0 aliphatic rings. The first kappa shape index (κ1) is 15.5. The van der Waals surface area contributed by atoms with Crippen molar-refractivity contribution >= 4 is 23.6 Å². The number of carboxylic acid groups (broad SMARTS) is 1. The molecule has 1 amide bonds. The predicted octanol–water partition coefficient (Wildman–Crippen LogP) is 1.04. The summed E-state index contributed by atoms with van der Waals surface area (Å²) in [7, 11) is 0. The summed E-state index contributed by atoms with van der Waals surface area (Å²) in [4.78, 5) is 21.9. The largest absolute Gasteiger partial charge is 0.480 e. The molecule has 2 atom stereocenters. The summed E-state index contributed by atoms with van der Waals surface area (Å²) in [5.74, 6) is -1.25. The molecule has 0 fully saturated rings. The maximum absolute atomic E-state index is 11.0. The molecule has 0 saturated heterocycles. The highest BCUT2D eigenvalue weighted by Gasteiger charge is 2.21. The van der Waals surface area contributed by atoms with Gasteiger partial charge in [0.2, 0.25) is 5.91 Å². The van der Waals surface area contributed by atoms with Crippen molar-refractivity contribution in [3.8, 4) is 0 Å². The monoisotopic (exact) mass is 289 g/mol. The second-order valence-electron chi connectivity index (χ2n) is 4.01. The van der Waals surface area contributed by atoms with Gasteiger partial charge in [-0.1, -0.05) is 30.3 Å². The molecule has 1 aromatic carbocycles. The lowest BCUT2D eigenvalue weighted by atomic mass is 10.3. The smallest absolute Gasteiger partial charge is 0.327 e. The third-order valence-corrected chi connectivity index (χ3v) is 3.83. The van der Waals surface area contributed by atoms with Crippen LogP contribution in [0.15, 0.2) is 30.3 Å². The zero-order chi connectivity index (χ0) is 14.3. The van der Waals surface area contributed by atoms with Crippen LogP contribution in [0.1, 0.15) is 17.7 Å². The van der Waals surface area contributed by atoms with Gasteiger partial charge in [0.05, 0.1) is 11.9 Å². The van der Waals surface area contributed by atoms with Crippen LogP contribution in [0, 0.1) is 0 Å². The molecule has 1 aromatic rings. The van der Waals surface area contributed by atoms with Crippen LogP contribution >= 0.6 is 11.8 Å². The molecule has 0 radical (unpaired) electrons. The van der Waals surface area contributed by atoms with Crippen molar-refractivity contribution in [2.75, 3.05) is 12.4 Å². The van der Waals surface area contributed by atoms with E-state index < -0.39 is 12.0 Å². The zero-order valence-electron chi connectivity index (χ0n) is 10.6. The molecule has 3 N–H and O–H groups in total. The standard InChI is InChI=1S/C13H17NO4S/c1-9(16)14-11(13(17)18)8-19-12(7-15)10-5-3-2-4-6-10/h2-6,11-12,15H,7-8H2,1H3,(H,14,16)(H,17,18)/t11-,12?/m0/s1/i2+1,3+1,4+1,5+1,6+1,10+1. The van der Waals surface area contributed by atoms with Crippen LogP contribution in [0.4, 0.5) is 0 Å². The molecular weight excluding hydrogens is 272 g/mol. The van der Waals surface area contributed by atoms with Gasteiger partial charge in [-0.2, -0.15) is 0 Å². The van der Waals surface area contributed by atoms with Gasteiger partial charge in [-0.3, -0.25) is 4.79 Å². The number of thioether (sulfide) groups is 1. The molecule has 6 heteroatoms. The average Bonchev–Trinajstić information content (AvgIpc) is 2.38. The minimum atomic E-state index is -1.08. The Kier molecular flexibility index (Phi) is 6.38. The molecular formula is C13H17NO4S. The number of hydrogen-bond donors (Lipinski definition) is 3. The van der Waals surface area contributed by atoms with Gasteiger partial charge in [0, 0.05) is 12.7 Å². The number of rotatable bonds is 7. The normalized spacial score (nSPS) is 13.6. The van der Waals surface area contributed by atoms with Crippen LogP contribution in [0.25, 0.3) is 0 Å². The fourth-order valence-corrected chi connectivity index (χ4v) is 2.66. The van der Waals surface area contributed by atoms with Crippen molar-refractivity contribution in [1.82, 2.24) is 5.32 Å². The van der Waals surface area contributed by atoms with Crippen LogP contribution in [0.3, 0.4) is 0 Å². The zero-order valence-corrected chi connectivity index (χ0v) is 11.4. The Morgan fingerprint density at radius 1 is 1.32 bits per heavy atom. The molecule has 0 saturated carbocycles. The summed E-state index contributed by atoms with van der Waals surface area (Å²) < 4.78 is 0. The lowest BCUT2D eigenvalue weighted by Gasteiger charge is -2.18. The van der Waals surface area contributed by atoms with Gasteiger partial charge in [-0.25, -0.2) is 4.79 Å². The lowest BCUT2D eigenvalue weighted by Crippen LogP contribution is -2.41. The fraction of sp³-hybridized carbons (Fsp3) is 0.385. The number of aliphatic hydroxyl groups excluding tert-OH is 1. The molecule has 0 bridgehead atoms. The highest BCUT2D eigenvalue weighted by atomic mass is 32.2. The maximum atomic E-state index is 11.0. The molecule has 104 valence electrons. The van der Waals surface area contributed by atoms with Crippen molar-refractivity contribution in [3.63, 3.8) is 0 Å². The van der Waals surface area contributed by atoms with Gasteiger partial charge in [-0.05, 0) is 5.56 Å². The van der Waals surface area contributed by atoms with Crippen LogP contribution in [0.5, 0.6) is 0 Å². The van der Waals surface area contributed by atoms with Gasteiger partial charge >= 0.3 is 5.97 Å². The Labute approximate surface area is 116 Å². The molecule has 1 rings (SSSR count). The number of amides is 1. The molecule has 0 spiro atoms. The van der Waals surface area contributed by atoms with Gasteiger partial charge in [0.15, 0.2) is 0 Å². The van der Waals surface area contributed by atoms with E-state index in [1.807, 2.05) is 30.3 Å². The SMILES string of the molecule is CC(=O)N[C@@H](CSC(CO)[13c]1[13cH][13cH][13cH][13cH][13cH]1)C(=O)O. The van der Waals surface area contributed by atoms with Crippen molar-refractivity contribution in [3.05, 3.63) is 35.9 Å². The van der Waals surface area contributed by atoms with Gasteiger partial charge in [-0.15, -0.1) is 11.8 Å². The highest BCUT2D eigenvalue weighted by molar-refractivity contribution is 7.99. The number of aliphatic hydroxyl groups is 1. The summed E-state index contributed by atoms with van der Waals surface area (Å²) in [6, 6.07) is 8.41. The van der Waals surface area contributed by atoms with Crippen molar-refractivity contribution in [1.29, 1.82) is 0 Å². The van der Waals surface area contributed by atoms with E-state index in [1.54, 1.807) is 0 Å². The minimum Gasteiger partial charge on any atom is -0.480 e. The molecule has 19 heavy (non-hydrogen) atoms. The third-order valence-electron chi connectivity index (χ3n) is 2.48. The van der Waals surface area contributed by atoms with Gasteiger partial charge in [0.25, 0.3) is 0 Å². The molecule has 0 aliphatic carbocycles. The Morgan fingerprint density at radius 2 is 1.95 bits per heavy atom. The lowest BCUT2D eigenvalue weighted by molar-refractivity contribution is -0.140. The van der Waals surface area contributed by atoms with E-state index in [2.05, 4.69) is 5.32 Å². The van der Waals surface area contributed by atoms with E-state index in [0.717, 1.165) is 5.56 Å². The number of carbonyl (C=O) groups excluding carboxylic acids is 1. The molecule has 1 unspecified atom stereocenters. The topological polar surface area (TPSA) is 86.6 Å². The van der Waals surface area contributed by atoms with Crippen molar-refractivity contribution < 1.29 is 19.8 Å².